The van der Waals surface area contributed by atoms with E-state index in [1.165, 1.54) is 0 Å². The fourth-order valence-electron chi connectivity index (χ4n) is 1.14. The summed E-state index contributed by atoms with van der Waals surface area (Å²) in [5, 5.41) is 0. The molecule has 1 aromatic rings. The summed E-state index contributed by atoms with van der Waals surface area (Å²) in [5.74, 6) is -3.57. The lowest BCUT2D eigenvalue weighted by atomic mass is 10.1. The van der Waals surface area contributed by atoms with E-state index < -0.39 is 35.0 Å². The van der Waals surface area contributed by atoms with Crippen molar-refractivity contribution in [3.8, 4) is 5.75 Å². The first-order valence-electron chi connectivity index (χ1n) is 3.84. The molecule has 0 amide bonds. The molecule has 0 unspecified atom stereocenters. The summed E-state index contributed by atoms with van der Waals surface area (Å²) < 4.78 is 97.7. The lowest BCUT2D eigenvalue weighted by molar-refractivity contribution is -0.164. The van der Waals surface area contributed by atoms with Crippen LogP contribution in [-0.2, 0) is 12.4 Å². The molecule has 0 heterocycles. The van der Waals surface area contributed by atoms with E-state index in [9.17, 15) is 35.3 Å². The molecule has 0 aliphatic heterocycles. The summed E-state index contributed by atoms with van der Waals surface area (Å²) in [7, 11) is 0. The number of halogens is 8. The molecule has 96 valence electrons. The summed E-state index contributed by atoms with van der Waals surface area (Å²) in [6.45, 7) is 0. The Morgan fingerprint density at radius 2 is 1.41 bits per heavy atom. The SMILES string of the molecule is FOc1cc(F)c(C(F)(F)F)c(C(F)(F)F)c1. The molecule has 0 aliphatic rings. The summed E-state index contributed by atoms with van der Waals surface area (Å²) in [5.41, 5.74) is -4.86. The molecular formula is C8H2F8O. The van der Waals surface area contributed by atoms with Gasteiger partial charge in [0.15, 0.2) is 5.75 Å². The van der Waals surface area contributed by atoms with Crippen LogP contribution in [0.1, 0.15) is 11.1 Å². The molecule has 0 bridgehead atoms. The van der Waals surface area contributed by atoms with Crippen LogP contribution in [0.3, 0.4) is 0 Å². The van der Waals surface area contributed by atoms with E-state index in [0.29, 0.717) is 0 Å². The van der Waals surface area contributed by atoms with Gasteiger partial charge in [-0.25, -0.2) is 4.39 Å². The van der Waals surface area contributed by atoms with Gasteiger partial charge in [0.25, 0.3) is 0 Å². The quantitative estimate of drug-likeness (QED) is 0.694. The van der Waals surface area contributed by atoms with Crippen LogP contribution in [0.15, 0.2) is 12.1 Å². The van der Waals surface area contributed by atoms with E-state index in [-0.39, 0.29) is 12.1 Å². The molecule has 0 aliphatic carbocycles. The van der Waals surface area contributed by atoms with Gasteiger partial charge in [0.05, 0.1) is 5.56 Å². The fourth-order valence-corrected chi connectivity index (χ4v) is 1.14. The molecule has 1 rings (SSSR count). The highest BCUT2D eigenvalue weighted by Gasteiger charge is 2.46. The van der Waals surface area contributed by atoms with E-state index in [0.717, 1.165) is 0 Å². The van der Waals surface area contributed by atoms with Crippen molar-refractivity contribution in [2.45, 2.75) is 12.4 Å². The number of benzene rings is 1. The van der Waals surface area contributed by atoms with Crippen molar-refractivity contribution < 1.29 is 40.2 Å². The van der Waals surface area contributed by atoms with Crippen LogP contribution in [0.2, 0.25) is 0 Å². The predicted octanol–water partition coefficient (Wildman–Crippen LogP) is 4.13. The van der Waals surface area contributed by atoms with Gasteiger partial charge in [0, 0.05) is 10.6 Å². The van der Waals surface area contributed by atoms with Crippen molar-refractivity contribution in [2.75, 3.05) is 0 Å². The number of rotatable bonds is 1. The summed E-state index contributed by atoms with van der Waals surface area (Å²) in [6, 6.07) is -0.399. The van der Waals surface area contributed by atoms with Crippen molar-refractivity contribution in [3.05, 3.63) is 29.1 Å². The Morgan fingerprint density at radius 3 is 1.76 bits per heavy atom. The predicted molar refractivity (Wildman–Crippen MR) is 38.1 cm³/mol. The molecule has 17 heavy (non-hydrogen) atoms. The van der Waals surface area contributed by atoms with E-state index in [4.69, 9.17) is 0 Å². The largest absolute Gasteiger partial charge is 0.419 e. The molecule has 0 radical (unpaired) electrons. The Balaban J connectivity index is 3.58. The van der Waals surface area contributed by atoms with E-state index >= 15 is 0 Å². The maximum Gasteiger partial charge on any atom is 0.419 e. The Labute approximate surface area is 88.5 Å². The number of hydrogen-bond donors (Lipinski definition) is 0. The van der Waals surface area contributed by atoms with Gasteiger partial charge in [-0.1, -0.05) is 0 Å². The van der Waals surface area contributed by atoms with Crippen LogP contribution in [0.4, 0.5) is 35.3 Å². The third kappa shape index (κ3) is 2.77. The molecule has 0 atom stereocenters. The average Bonchev–Trinajstić information content (AvgIpc) is 2.12. The molecule has 0 spiro atoms. The second kappa shape index (κ2) is 4.04. The van der Waals surface area contributed by atoms with Gasteiger partial charge in [-0.05, 0) is 6.07 Å². The molecule has 0 saturated carbocycles. The Hall–Kier alpha value is -1.54. The lowest BCUT2D eigenvalue weighted by Gasteiger charge is -2.16. The van der Waals surface area contributed by atoms with Gasteiger partial charge >= 0.3 is 12.4 Å². The Bertz CT molecular complexity index is 419. The maximum absolute atomic E-state index is 12.9. The van der Waals surface area contributed by atoms with Crippen LogP contribution < -0.4 is 4.94 Å². The van der Waals surface area contributed by atoms with Gasteiger partial charge in [-0.15, -0.1) is 0 Å². The fraction of sp³-hybridized carbons (Fsp3) is 0.250. The van der Waals surface area contributed by atoms with Gasteiger partial charge in [0.2, 0.25) is 0 Å². The zero-order chi connectivity index (χ0) is 13.4. The van der Waals surface area contributed by atoms with Gasteiger partial charge in [0.1, 0.15) is 11.4 Å². The Morgan fingerprint density at radius 1 is 0.882 bits per heavy atom. The van der Waals surface area contributed by atoms with E-state index in [2.05, 4.69) is 4.94 Å². The first-order valence-corrected chi connectivity index (χ1v) is 3.84. The van der Waals surface area contributed by atoms with Gasteiger partial charge in [-0.3, -0.25) is 4.94 Å². The van der Waals surface area contributed by atoms with Crippen LogP contribution in [-0.4, -0.2) is 0 Å². The smallest absolute Gasteiger partial charge is 0.294 e. The van der Waals surface area contributed by atoms with Crippen LogP contribution >= 0.6 is 0 Å². The molecular weight excluding hydrogens is 264 g/mol. The zero-order valence-electron chi connectivity index (χ0n) is 7.59. The standard InChI is InChI=1S/C8H2F8O/c9-5-2-3(17-16)1-4(7(10,11)12)6(5)8(13,14)15/h1-2H. The summed E-state index contributed by atoms with van der Waals surface area (Å²) in [4.78, 5) is 2.79. The highest BCUT2D eigenvalue weighted by Crippen LogP contribution is 2.43. The van der Waals surface area contributed by atoms with Crippen molar-refractivity contribution in [1.82, 2.24) is 0 Å². The van der Waals surface area contributed by atoms with Crippen molar-refractivity contribution in [2.24, 2.45) is 0 Å². The van der Waals surface area contributed by atoms with E-state index in [1.807, 2.05) is 0 Å². The molecule has 0 N–H and O–H groups in total. The van der Waals surface area contributed by atoms with E-state index in [1.54, 1.807) is 0 Å². The molecule has 0 saturated heterocycles. The summed E-state index contributed by atoms with van der Waals surface area (Å²) >= 11 is 0. The molecule has 9 heteroatoms. The second-order valence-electron chi connectivity index (χ2n) is 2.90. The normalized spacial score (nSPS) is 12.7. The highest BCUT2D eigenvalue weighted by molar-refractivity contribution is 5.40. The van der Waals surface area contributed by atoms with Gasteiger partial charge < -0.3 is 0 Å². The molecule has 1 nitrogen and oxygen atoms in total. The molecule has 1 aromatic carbocycles. The lowest BCUT2D eigenvalue weighted by Crippen LogP contribution is -2.18. The molecule has 0 aromatic heterocycles. The average molecular weight is 266 g/mol. The zero-order valence-corrected chi connectivity index (χ0v) is 7.59. The van der Waals surface area contributed by atoms with Crippen molar-refractivity contribution >= 4 is 0 Å². The third-order valence-electron chi connectivity index (χ3n) is 1.74. The first-order chi connectivity index (χ1) is 7.57. The molecule has 0 fully saturated rings. The minimum Gasteiger partial charge on any atom is -0.294 e. The minimum absolute atomic E-state index is 0.127. The monoisotopic (exact) mass is 266 g/mol. The first kappa shape index (κ1) is 13.5. The van der Waals surface area contributed by atoms with Crippen LogP contribution in [0.5, 0.6) is 5.75 Å². The maximum atomic E-state index is 12.9. The number of alkyl halides is 6. The highest BCUT2D eigenvalue weighted by atomic mass is 19.4. The van der Waals surface area contributed by atoms with Crippen LogP contribution in [0.25, 0.3) is 0 Å². The van der Waals surface area contributed by atoms with Gasteiger partial charge in [-0.2, -0.15) is 26.3 Å². The minimum atomic E-state index is -5.55. The number of hydrogen-bond acceptors (Lipinski definition) is 1. The summed E-state index contributed by atoms with van der Waals surface area (Å²) in [6.07, 6.45) is -11.0. The topological polar surface area (TPSA) is 9.23 Å². The van der Waals surface area contributed by atoms with Crippen molar-refractivity contribution in [3.63, 3.8) is 0 Å². The van der Waals surface area contributed by atoms with Crippen molar-refractivity contribution in [1.29, 1.82) is 0 Å². The second-order valence-corrected chi connectivity index (χ2v) is 2.90. The van der Waals surface area contributed by atoms with Crippen LogP contribution in [0, 0.1) is 5.82 Å². The third-order valence-corrected chi connectivity index (χ3v) is 1.74. The Kier molecular flexibility index (Phi) is 3.22.